The molecule has 2 fully saturated rings. The molecule has 0 atom stereocenters. The Bertz CT molecular complexity index is 1310. The lowest BCUT2D eigenvalue weighted by molar-refractivity contribution is 0.0695. The minimum atomic E-state index is -1.30. The topological polar surface area (TPSA) is 78.1 Å². The minimum absolute atomic E-state index is 0.106. The van der Waals surface area contributed by atoms with Crippen LogP contribution in [-0.2, 0) is 0 Å². The van der Waals surface area contributed by atoms with Gasteiger partial charge in [-0.3, -0.25) is 9.80 Å². The number of carboxylic acid groups (broad SMARTS) is 1. The molecule has 1 aliphatic carbocycles. The van der Waals surface area contributed by atoms with E-state index in [4.69, 9.17) is 11.6 Å². The molecule has 1 N–H and O–H groups in total. The van der Waals surface area contributed by atoms with Gasteiger partial charge in [-0.15, -0.1) is 0 Å². The zero-order chi connectivity index (χ0) is 23.1. The first-order chi connectivity index (χ1) is 15.9. The lowest BCUT2D eigenvalue weighted by Gasteiger charge is -2.35. The van der Waals surface area contributed by atoms with Gasteiger partial charge in [0.1, 0.15) is 11.4 Å². The van der Waals surface area contributed by atoms with Crippen molar-refractivity contribution in [2.75, 3.05) is 31.1 Å². The second-order valence-electron chi connectivity index (χ2n) is 8.37. The molecule has 0 amide bonds. The molecule has 33 heavy (non-hydrogen) atoms. The molecule has 170 valence electrons. The second kappa shape index (κ2) is 8.51. The standard InChI is InChI=1S/C24H22ClFN4O3/c25-16-3-1-15(2-4-16)13-27-29-9-7-28(8-10-29)22-12-21-18(11-20(22)26)23(31)19(24(32)33)14-30(21)17-5-6-17/h1-4,11-14,17H,5-10H2,(H,32,33)/b27-13+. The van der Waals surface area contributed by atoms with Gasteiger partial charge in [-0.2, -0.15) is 5.10 Å². The molecule has 0 spiro atoms. The SMILES string of the molecule is O=C(O)c1cn(C2CC2)c2cc(N3CCN(/N=C/c4ccc(Cl)cc4)CC3)c(F)cc2c1=O. The Morgan fingerprint density at radius 1 is 1.12 bits per heavy atom. The predicted molar refractivity (Wildman–Crippen MR) is 126 cm³/mol. The maximum atomic E-state index is 15.1. The fourth-order valence-corrected chi connectivity index (χ4v) is 4.28. The van der Waals surface area contributed by atoms with Gasteiger partial charge < -0.3 is 14.6 Å². The number of anilines is 1. The smallest absolute Gasteiger partial charge is 0.341 e. The third-order valence-corrected chi connectivity index (χ3v) is 6.36. The molecular weight excluding hydrogens is 447 g/mol. The Hall–Kier alpha value is -3.39. The van der Waals surface area contributed by atoms with Gasteiger partial charge in [0, 0.05) is 35.7 Å². The highest BCUT2D eigenvalue weighted by Gasteiger charge is 2.28. The molecule has 1 aromatic heterocycles. The molecular formula is C24H22ClFN4O3. The number of hydrazone groups is 1. The summed E-state index contributed by atoms with van der Waals surface area (Å²) in [6, 6.07) is 10.4. The summed E-state index contributed by atoms with van der Waals surface area (Å²) in [4.78, 5) is 26.1. The highest BCUT2D eigenvalue weighted by Crippen LogP contribution is 2.38. The normalized spacial score (nSPS) is 16.7. The van der Waals surface area contributed by atoms with E-state index in [0.29, 0.717) is 42.4 Å². The van der Waals surface area contributed by atoms with Crippen LogP contribution in [0.2, 0.25) is 5.02 Å². The van der Waals surface area contributed by atoms with E-state index >= 15 is 4.39 Å². The fraction of sp³-hybridized carbons (Fsp3) is 0.292. The van der Waals surface area contributed by atoms with Crippen LogP contribution in [0.5, 0.6) is 0 Å². The van der Waals surface area contributed by atoms with Crippen LogP contribution in [-0.4, -0.2) is 53.0 Å². The van der Waals surface area contributed by atoms with Crippen molar-refractivity contribution in [3.8, 4) is 0 Å². The Morgan fingerprint density at radius 2 is 1.82 bits per heavy atom. The summed E-state index contributed by atoms with van der Waals surface area (Å²) in [5.74, 6) is -1.82. The Labute approximate surface area is 194 Å². The number of aromatic carboxylic acids is 1. The first-order valence-corrected chi connectivity index (χ1v) is 11.2. The van der Waals surface area contributed by atoms with Gasteiger partial charge in [0.25, 0.3) is 0 Å². The third-order valence-electron chi connectivity index (χ3n) is 6.11. The summed E-state index contributed by atoms with van der Waals surface area (Å²) in [7, 11) is 0. The number of carbonyl (C=O) groups is 1. The van der Waals surface area contributed by atoms with Gasteiger partial charge in [0.15, 0.2) is 0 Å². The largest absolute Gasteiger partial charge is 0.477 e. The predicted octanol–water partition coefficient (Wildman–Crippen LogP) is 3.98. The van der Waals surface area contributed by atoms with Crippen molar-refractivity contribution in [3.05, 3.63) is 74.8 Å². The van der Waals surface area contributed by atoms with Crippen LogP contribution >= 0.6 is 11.6 Å². The van der Waals surface area contributed by atoms with Crippen molar-refractivity contribution in [3.63, 3.8) is 0 Å². The van der Waals surface area contributed by atoms with Crippen LogP contribution in [0.3, 0.4) is 0 Å². The van der Waals surface area contributed by atoms with Crippen LogP contribution in [0.1, 0.15) is 34.8 Å². The summed E-state index contributed by atoms with van der Waals surface area (Å²) < 4.78 is 16.9. The number of fused-ring (bicyclic) bond motifs is 1. The first-order valence-electron chi connectivity index (χ1n) is 10.8. The van der Waals surface area contributed by atoms with Crippen molar-refractivity contribution in [1.82, 2.24) is 9.58 Å². The van der Waals surface area contributed by atoms with Crippen LogP contribution in [0, 0.1) is 5.82 Å². The molecule has 3 aromatic rings. The molecule has 1 aliphatic heterocycles. The van der Waals surface area contributed by atoms with E-state index in [1.807, 2.05) is 38.7 Å². The average molecular weight is 469 g/mol. The molecule has 1 saturated carbocycles. The number of aromatic nitrogens is 1. The fourth-order valence-electron chi connectivity index (χ4n) is 4.16. The molecule has 2 aliphatic rings. The molecule has 0 unspecified atom stereocenters. The number of halogens is 2. The Balaban J connectivity index is 1.39. The molecule has 2 aromatic carbocycles. The summed E-state index contributed by atoms with van der Waals surface area (Å²) in [5, 5.41) is 16.6. The summed E-state index contributed by atoms with van der Waals surface area (Å²) in [6.45, 7) is 2.38. The number of nitrogens with zero attached hydrogens (tertiary/aromatic N) is 4. The number of carboxylic acids is 1. The van der Waals surface area contributed by atoms with Gasteiger partial charge in [-0.05, 0) is 42.7 Å². The van der Waals surface area contributed by atoms with Crippen LogP contribution in [0.4, 0.5) is 10.1 Å². The van der Waals surface area contributed by atoms with Crippen LogP contribution in [0.25, 0.3) is 10.9 Å². The first kappa shape index (κ1) is 21.5. The van der Waals surface area contributed by atoms with Gasteiger partial charge in [0.2, 0.25) is 5.43 Å². The highest BCUT2D eigenvalue weighted by molar-refractivity contribution is 6.30. The number of hydrogen-bond acceptors (Lipinski definition) is 5. The van der Waals surface area contributed by atoms with Crippen LogP contribution in [0.15, 0.2) is 52.5 Å². The Morgan fingerprint density at radius 3 is 2.45 bits per heavy atom. The molecule has 5 rings (SSSR count). The maximum Gasteiger partial charge on any atom is 0.341 e. The van der Waals surface area contributed by atoms with E-state index in [0.717, 1.165) is 18.4 Å². The van der Waals surface area contributed by atoms with E-state index in [-0.39, 0.29) is 17.0 Å². The monoisotopic (exact) mass is 468 g/mol. The maximum absolute atomic E-state index is 15.1. The van der Waals surface area contributed by atoms with E-state index < -0.39 is 17.2 Å². The quantitative estimate of drug-likeness (QED) is 0.573. The van der Waals surface area contributed by atoms with Gasteiger partial charge in [0.05, 0.1) is 30.5 Å². The molecule has 9 heteroatoms. The lowest BCUT2D eigenvalue weighted by atomic mass is 10.1. The van der Waals surface area contributed by atoms with Gasteiger partial charge in [-0.25, -0.2) is 9.18 Å². The van der Waals surface area contributed by atoms with Crippen molar-refractivity contribution in [2.24, 2.45) is 5.10 Å². The van der Waals surface area contributed by atoms with Gasteiger partial charge in [-0.1, -0.05) is 23.7 Å². The second-order valence-corrected chi connectivity index (χ2v) is 8.81. The number of benzene rings is 2. The van der Waals surface area contributed by atoms with Crippen molar-refractivity contribution in [2.45, 2.75) is 18.9 Å². The highest BCUT2D eigenvalue weighted by atomic mass is 35.5. The van der Waals surface area contributed by atoms with Crippen LogP contribution < -0.4 is 10.3 Å². The molecule has 0 radical (unpaired) electrons. The minimum Gasteiger partial charge on any atom is -0.477 e. The van der Waals surface area contributed by atoms with Crippen molar-refractivity contribution in [1.29, 1.82) is 0 Å². The zero-order valence-electron chi connectivity index (χ0n) is 17.7. The summed E-state index contributed by atoms with van der Waals surface area (Å²) >= 11 is 5.91. The third kappa shape index (κ3) is 4.30. The average Bonchev–Trinajstić information content (AvgIpc) is 3.64. The lowest BCUT2D eigenvalue weighted by Crippen LogP contribution is -2.44. The number of pyridine rings is 1. The number of piperazine rings is 1. The summed E-state index contributed by atoms with van der Waals surface area (Å²) in [5.41, 5.74) is 0.962. The summed E-state index contributed by atoms with van der Waals surface area (Å²) in [6.07, 6.45) is 4.99. The molecule has 7 nitrogen and oxygen atoms in total. The molecule has 2 heterocycles. The Kier molecular flexibility index (Phi) is 5.54. The van der Waals surface area contributed by atoms with E-state index in [9.17, 15) is 14.7 Å². The van der Waals surface area contributed by atoms with E-state index in [1.54, 1.807) is 12.3 Å². The van der Waals surface area contributed by atoms with Gasteiger partial charge >= 0.3 is 5.97 Å². The number of hydrogen-bond donors (Lipinski definition) is 1. The van der Waals surface area contributed by atoms with Crippen molar-refractivity contribution >= 4 is 40.4 Å². The van der Waals surface area contributed by atoms with E-state index in [1.165, 1.54) is 12.3 Å². The zero-order valence-corrected chi connectivity index (χ0v) is 18.5. The molecule has 1 saturated heterocycles. The molecule has 0 bridgehead atoms. The van der Waals surface area contributed by atoms with Crippen molar-refractivity contribution < 1.29 is 14.3 Å². The number of rotatable bonds is 5. The van der Waals surface area contributed by atoms with E-state index in [2.05, 4.69) is 5.10 Å².